The SMILES string of the molecule is CCCC(=O)N[C@H]1C(O)O[C@H](COCCCCC(=O)O)[C@@H](O)[C@@H]1O. The van der Waals surface area contributed by atoms with Crippen LogP contribution in [0.5, 0.6) is 0 Å². The lowest BCUT2D eigenvalue weighted by Crippen LogP contribution is -2.64. The number of unbranched alkanes of at least 4 members (excludes halogenated alkanes) is 1. The number of aliphatic carboxylic acids is 1. The Morgan fingerprint density at radius 1 is 1.12 bits per heavy atom. The molecule has 0 aliphatic carbocycles. The van der Waals surface area contributed by atoms with Crippen LogP contribution < -0.4 is 5.32 Å². The van der Waals surface area contributed by atoms with Gasteiger partial charge in [0, 0.05) is 19.4 Å². The molecule has 1 heterocycles. The summed E-state index contributed by atoms with van der Waals surface area (Å²) in [7, 11) is 0. The van der Waals surface area contributed by atoms with Gasteiger partial charge in [-0.1, -0.05) is 6.92 Å². The summed E-state index contributed by atoms with van der Waals surface area (Å²) in [6, 6.07) is -1.11. The molecule has 0 saturated carbocycles. The number of amides is 1. The van der Waals surface area contributed by atoms with E-state index in [1.54, 1.807) is 0 Å². The fourth-order valence-corrected chi connectivity index (χ4v) is 2.40. The average Bonchev–Trinajstić information content (AvgIpc) is 2.51. The van der Waals surface area contributed by atoms with E-state index in [2.05, 4.69) is 5.32 Å². The monoisotopic (exact) mass is 349 g/mol. The molecular formula is C15H27NO8. The van der Waals surface area contributed by atoms with Crippen LogP contribution in [-0.4, -0.2) is 76.2 Å². The van der Waals surface area contributed by atoms with Gasteiger partial charge in [0.1, 0.15) is 24.4 Å². The summed E-state index contributed by atoms with van der Waals surface area (Å²) < 4.78 is 10.5. The Hall–Kier alpha value is -1.26. The van der Waals surface area contributed by atoms with Crippen molar-refractivity contribution in [3.8, 4) is 0 Å². The molecule has 5 N–H and O–H groups in total. The van der Waals surface area contributed by atoms with E-state index in [1.165, 1.54) is 0 Å². The fraction of sp³-hybridized carbons (Fsp3) is 0.867. The number of carboxylic acid groups (broad SMARTS) is 1. The quantitative estimate of drug-likeness (QED) is 0.315. The molecule has 5 atom stereocenters. The molecule has 0 spiro atoms. The highest BCUT2D eigenvalue weighted by molar-refractivity contribution is 5.76. The number of hydrogen-bond donors (Lipinski definition) is 5. The highest BCUT2D eigenvalue weighted by Gasteiger charge is 2.44. The Balaban J connectivity index is 2.37. The first kappa shape index (κ1) is 20.8. The largest absolute Gasteiger partial charge is 0.481 e. The molecule has 1 saturated heterocycles. The first-order chi connectivity index (χ1) is 11.4. The van der Waals surface area contributed by atoms with Gasteiger partial charge >= 0.3 is 5.97 Å². The lowest BCUT2D eigenvalue weighted by atomic mass is 9.97. The predicted molar refractivity (Wildman–Crippen MR) is 82.0 cm³/mol. The second-order valence-electron chi connectivity index (χ2n) is 5.82. The van der Waals surface area contributed by atoms with Crippen molar-refractivity contribution in [1.29, 1.82) is 0 Å². The number of carbonyl (C=O) groups is 2. The zero-order valence-electron chi connectivity index (χ0n) is 13.8. The van der Waals surface area contributed by atoms with Gasteiger partial charge in [-0.25, -0.2) is 0 Å². The second-order valence-corrected chi connectivity index (χ2v) is 5.82. The molecule has 0 aromatic rings. The Kier molecular flexibility index (Phi) is 9.16. The van der Waals surface area contributed by atoms with Gasteiger partial charge in [0.25, 0.3) is 0 Å². The van der Waals surface area contributed by atoms with Crippen LogP contribution >= 0.6 is 0 Å². The molecule has 0 aromatic heterocycles. The Labute approximate surface area is 140 Å². The summed E-state index contributed by atoms with van der Waals surface area (Å²) in [5, 5.41) is 41.0. The highest BCUT2D eigenvalue weighted by Crippen LogP contribution is 2.20. The molecule has 9 nitrogen and oxygen atoms in total. The molecule has 1 amide bonds. The van der Waals surface area contributed by atoms with Crippen LogP contribution in [0.2, 0.25) is 0 Å². The van der Waals surface area contributed by atoms with Gasteiger partial charge in [0.05, 0.1) is 6.61 Å². The van der Waals surface area contributed by atoms with Crippen molar-refractivity contribution in [1.82, 2.24) is 5.32 Å². The van der Waals surface area contributed by atoms with Crippen LogP contribution in [0.25, 0.3) is 0 Å². The van der Waals surface area contributed by atoms with Gasteiger partial charge in [0.15, 0.2) is 6.29 Å². The molecule has 0 radical (unpaired) electrons. The van der Waals surface area contributed by atoms with Gasteiger partial charge < -0.3 is 35.2 Å². The Morgan fingerprint density at radius 3 is 2.46 bits per heavy atom. The van der Waals surface area contributed by atoms with Crippen molar-refractivity contribution in [3.63, 3.8) is 0 Å². The topological polar surface area (TPSA) is 146 Å². The number of nitrogens with one attached hydrogen (secondary N) is 1. The number of aliphatic hydroxyl groups is 3. The number of aliphatic hydroxyl groups excluding tert-OH is 3. The summed E-state index contributed by atoms with van der Waals surface area (Å²) in [6.45, 7) is 2.04. The third-order valence-corrected chi connectivity index (χ3v) is 3.74. The average molecular weight is 349 g/mol. The molecule has 140 valence electrons. The number of carbonyl (C=O) groups excluding carboxylic acids is 1. The molecule has 1 rings (SSSR count). The molecule has 24 heavy (non-hydrogen) atoms. The van der Waals surface area contributed by atoms with E-state index in [9.17, 15) is 24.9 Å². The van der Waals surface area contributed by atoms with Crippen molar-refractivity contribution in [2.45, 2.75) is 69.7 Å². The van der Waals surface area contributed by atoms with E-state index < -0.39 is 36.6 Å². The van der Waals surface area contributed by atoms with Crippen LogP contribution in [0.1, 0.15) is 39.0 Å². The van der Waals surface area contributed by atoms with Gasteiger partial charge in [-0.05, 0) is 19.3 Å². The maximum atomic E-state index is 11.6. The normalized spacial score (nSPS) is 30.1. The minimum absolute atomic E-state index is 0.0576. The Morgan fingerprint density at radius 2 is 1.83 bits per heavy atom. The third kappa shape index (κ3) is 6.70. The van der Waals surface area contributed by atoms with Crippen molar-refractivity contribution < 1.29 is 39.5 Å². The van der Waals surface area contributed by atoms with E-state index in [1.807, 2.05) is 6.92 Å². The van der Waals surface area contributed by atoms with Crippen LogP contribution in [-0.2, 0) is 19.1 Å². The number of rotatable bonds is 10. The van der Waals surface area contributed by atoms with Crippen LogP contribution in [0.15, 0.2) is 0 Å². The lowest BCUT2D eigenvalue weighted by molar-refractivity contribution is -0.256. The summed E-state index contributed by atoms with van der Waals surface area (Å²) in [4.78, 5) is 21.9. The minimum atomic E-state index is -1.45. The van der Waals surface area contributed by atoms with Crippen molar-refractivity contribution in [3.05, 3.63) is 0 Å². The molecule has 1 unspecified atom stereocenters. The smallest absolute Gasteiger partial charge is 0.303 e. The van der Waals surface area contributed by atoms with E-state index >= 15 is 0 Å². The van der Waals surface area contributed by atoms with Crippen molar-refractivity contribution in [2.75, 3.05) is 13.2 Å². The van der Waals surface area contributed by atoms with Crippen molar-refractivity contribution >= 4 is 11.9 Å². The Bertz CT molecular complexity index is 405. The summed E-state index contributed by atoms with van der Waals surface area (Å²) in [5.74, 6) is -1.21. The maximum Gasteiger partial charge on any atom is 0.303 e. The van der Waals surface area contributed by atoms with E-state index in [-0.39, 0.29) is 32.0 Å². The number of hydrogen-bond acceptors (Lipinski definition) is 7. The molecule has 0 bridgehead atoms. The molecular weight excluding hydrogens is 322 g/mol. The maximum absolute atomic E-state index is 11.6. The second kappa shape index (κ2) is 10.6. The van der Waals surface area contributed by atoms with E-state index in [0.717, 1.165) is 0 Å². The standard InChI is InChI=1S/C15H27NO8/c1-2-5-10(17)16-12-14(21)13(20)9(24-15(12)22)8-23-7-4-3-6-11(18)19/h9,12-15,20-22H,2-8H2,1H3,(H,16,17)(H,18,19)/t9-,12-,13-,14-,15?/m1/s1. The zero-order valence-corrected chi connectivity index (χ0v) is 13.8. The van der Waals surface area contributed by atoms with Gasteiger partial charge in [-0.15, -0.1) is 0 Å². The first-order valence-electron chi connectivity index (χ1n) is 8.15. The molecule has 1 aliphatic heterocycles. The van der Waals surface area contributed by atoms with Gasteiger partial charge in [0.2, 0.25) is 5.91 Å². The van der Waals surface area contributed by atoms with Crippen LogP contribution in [0.4, 0.5) is 0 Å². The van der Waals surface area contributed by atoms with E-state index in [0.29, 0.717) is 19.3 Å². The van der Waals surface area contributed by atoms with Gasteiger partial charge in [-0.3, -0.25) is 9.59 Å². The van der Waals surface area contributed by atoms with Crippen LogP contribution in [0, 0.1) is 0 Å². The molecule has 9 heteroatoms. The van der Waals surface area contributed by atoms with E-state index in [4.69, 9.17) is 14.6 Å². The summed E-state index contributed by atoms with van der Waals surface area (Å²) in [6.07, 6.45) is -3.16. The predicted octanol–water partition coefficient (Wildman–Crippen LogP) is -1.02. The minimum Gasteiger partial charge on any atom is -0.481 e. The van der Waals surface area contributed by atoms with Crippen molar-refractivity contribution in [2.24, 2.45) is 0 Å². The lowest BCUT2D eigenvalue weighted by Gasteiger charge is -2.40. The van der Waals surface area contributed by atoms with Crippen LogP contribution in [0.3, 0.4) is 0 Å². The summed E-state index contributed by atoms with van der Waals surface area (Å²) in [5.41, 5.74) is 0. The first-order valence-corrected chi connectivity index (χ1v) is 8.15. The molecule has 0 aromatic carbocycles. The van der Waals surface area contributed by atoms with Gasteiger partial charge in [-0.2, -0.15) is 0 Å². The number of carboxylic acids is 1. The zero-order chi connectivity index (χ0) is 18.1. The molecule has 1 fully saturated rings. The fourth-order valence-electron chi connectivity index (χ4n) is 2.40. The molecule has 1 aliphatic rings. The third-order valence-electron chi connectivity index (χ3n) is 3.74. The number of ether oxygens (including phenoxy) is 2. The summed E-state index contributed by atoms with van der Waals surface area (Å²) >= 11 is 0. The highest BCUT2D eigenvalue weighted by atomic mass is 16.6.